The van der Waals surface area contributed by atoms with Crippen molar-refractivity contribution in [1.29, 1.82) is 0 Å². The van der Waals surface area contributed by atoms with Crippen LogP contribution in [0.4, 0.5) is 0 Å². The molecule has 0 unspecified atom stereocenters. The molecule has 0 bridgehead atoms. The number of imidazole rings is 3. The van der Waals surface area contributed by atoms with E-state index in [2.05, 4.69) is 31.3 Å². The Labute approximate surface area is 311 Å². The van der Waals surface area contributed by atoms with Gasteiger partial charge in [0.15, 0.2) is 0 Å². The van der Waals surface area contributed by atoms with Crippen LogP contribution in [0.1, 0.15) is 12.8 Å². The average molecular weight is 735 g/mol. The van der Waals surface area contributed by atoms with Gasteiger partial charge in [0.1, 0.15) is 0 Å². The Morgan fingerprint density at radius 3 is 1.70 bits per heavy atom. The molecule has 0 atom stereocenters. The molecule has 1 amide bonds. The van der Waals surface area contributed by atoms with Gasteiger partial charge in [-0.2, -0.15) is 0 Å². The number of carbonyl (C=O) groups is 1. The topological polar surface area (TPSA) is 168 Å². The van der Waals surface area contributed by atoms with Crippen LogP contribution in [0, 0.1) is 0 Å². The fourth-order valence-corrected chi connectivity index (χ4v) is 5.12. The van der Waals surface area contributed by atoms with Crippen LogP contribution in [0.3, 0.4) is 0 Å². The number of hydrogen-bond acceptors (Lipinski definition) is 8. The predicted octanol–water partition coefficient (Wildman–Crippen LogP) is 3.15. The third kappa shape index (κ3) is 10.6. The van der Waals surface area contributed by atoms with E-state index < -0.39 is 0 Å². The molecular formula is C38H46N12O4. The van der Waals surface area contributed by atoms with Crippen LogP contribution in [0.15, 0.2) is 125 Å². The molecule has 9 rings (SSSR count). The third-order valence-corrected chi connectivity index (χ3v) is 8.36. The molecular weight excluding hydrogens is 688 g/mol. The summed E-state index contributed by atoms with van der Waals surface area (Å²) >= 11 is 0. The van der Waals surface area contributed by atoms with Gasteiger partial charge < -0.3 is 19.0 Å². The summed E-state index contributed by atoms with van der Waals surface area (Å²) in [7, 11) is 12.5. The zero-order valence-corrected chi connectivity index (χ0v) is 31.6. The van der Waals surface area contributed by atoms with Gasteiger partial charge in [0.2, 0.25) is 5.91 Å². The van der Waals surface area contributed by atoms with E-state index in [0.29, 0.717) is 16.7 Å². The molecule has 1 N–H and O–H groups in total. The lowest BCUT2D eigenvalue weighted by Crippen LogP contribution is -2.34. The molecule has 3 aromatic carbocycles. The molecule has 1 aliphatic heterocycles. The number of aromatic amines is 1. The monoisotopic (exact) mass is 734 g/mol. The van der Waals surface area contributed by atoms with Crippen LogP contribution in [-0.4, -0.2) is 77.4 Å². The van der Waals surface area contributed by atoms with Gasteiger partial charge in [0.25, 0.3) is 11.1 Å². The maximum atomic E-state index is 11.7. The summed E-state index contributed by atoms with van der Waals surface area (Å²) in [5.74, 6) is 0.292. The molecule has 282 valence electrons. The molecule has 16 nitrogen and oxygen atoms in total. The van der Waals surface area contributed by atoms with E-state index in [0.717, 1.165) is 35.9 Å². The zero-order valence-electron chi connectivity index (χ0n) is 31.6. The Bertz CT molecular complexity index is 2470. The van der Waals surface area contributed by atoms with Crippen molar-refractivity contribution < 1.29 is 4.79 Å². The summed E-state index contributed by atoms with van der Waals surface area (Å²) in [4.78, 5) is 57.4. The van der Waals surface area contributed by atoms with Crippen molar-refractivity contribution in [3.8, 4) is 0 Å². The normalized spacial score (nSPS) is 11.6. The van der Waals surface area contributed by atoms with E-state index in [4.69, 9.17) is 0 Å². The highest BCUT2D eigenvalue weighted by Gasteiger charge is 2.14. The zero-order chi connectivity index (χ0) is 39.2. The Hall–Kier alpha value is -6.84. The number of likely N-dealkylation sites (tertiary alicyclic amines) is 1. The third-order valence-electron chi connectivity index (χ3n) is 8.36. The molecule has 16 heteroatoms. The quantitative estimate of drug-likeness (QED) is 0.248. The standard InChI is InChI=1S/C10H10N2O2.C8H8N2O.C8H8N2.C5H9NO.C4H6N2.C3H5N3/c1-11-9(13)7-5-3-4-6-8(7)10(14)12(11)2;1-10-7-5-3-2-4-6(7)9-8(10)11;1-10-6-9-7-4-2-3-5-8(7)10;1-6-4-2-3-5(6)7;1-6-3-2-5-4-6;1-6-3-2-4-5-6/h3-6H,1-2H3;2-5H,1H3,(H,9,11);2-6H,1H3;2-4H2,1H3;2-4H,1H3;2-3H,1H3. The molecule has 1 aliphatic rings. The molecule has 8 aromatic rings. The van der Waals surface area contributed by atoms with Gasteiger partial charge in [0.05, 0.1) is 51.7 Å². The lowest BCUT2D eigenvalue weighted by atomic mass is 10.2. The molecule has 0 radical (unpaired) electrons. The van der Waals surface area contributed by atoms with Gasteiger partial charge >= 0.3 is 5.69 Å². The summed E-state index contributed by atoms with van der Waals surface area (Å²) in [6, 6.07) is 22.5. The molecule has 54 heavy (non-hydrogen) atoms. The first kappa shape index (κ1) is 39.9. The number of nitrogens with zero attached hydrogens (tertiary/aromatic N) is 11. The second-order valence-electron chi connectivity index (χ2n) is 12.3. The summed E-state index contributed by atoms with van der Waals surface area (Å²) in [6.07, 6.45) is 12.4. The number of aromatic nitrogens is 11. The minimum atomic E-state index is -0.150. The van der Waals surface area contributed by atoms with Crippen molar-refractivity contribution in [2.45, 2.75) is 12.8 Å². The minimum Gasteiger partial charge on any atom is -0.346 e. The largest absolute Gasteiger partial charge is 0.346 e. The number of benzene rings is 3. The molecule has 5 aromatic heterocycles. The van der Waals surface area contributed by atoms with Gasteiger partial charge in [-0.25, -0.2) is 14.8 Å². The summed E-state index contributed by atoms with van der Waals surface area (Å²) < 4.78 is 9.75. The van der Waals surface area contributed by atoms with Crippen LogP contribution in [0.2, 0.25) is 0 Å². The van der Waals surface area contributed by atoms with E-state index in [1.807, 2.05) is 92.3 Å². The maximum absolute atomic E-state index is 11.7. The van der Waals surface area contributed by atoms with Crippen molar-refractivity contribution in [2.75, 3.05) is 13.6 Å². The van der Waals surface area contributed by atoms with E-state index in [9.17, 15) is 19.2 Å². The van der Waals surface area contributed by atoms with E-state index >= 15 is 0 Å². The molecule has 0 saturated carbocycles. The number of H-pyrrole nitrogens is 1. The number of fused-ring (bicyclic) bond motifs is 3. The lowest BCUT2D eigenvalue weighted by molar-refractivity contribution is -0.126. The van der Waals surface area contributed by atoms with Crippen molar-refractivity contribution in [3.63, 3.8) is 0 Å². The van der Waals surface area contributed by atoms with Gasteiger partial charge in [-0.1, -0.05) is 41.6 Å². The van der Waals surface area contributed by atoms with Crippen LogP contribution in [0.5, 0.6) is 0 Å². The number of amides is 1. The summed E-state index contributed by atoms with van der Waals surface area (Å²) in [6.45, 7) is 0.957. The Morgan fingerprint density at radius 2 is 1.28 bits per heavy atom. The average Bonchev–Trinajstić information content (AvgIpc) is 4.05. The van der Waals surface area contributed by atoms with Crippen LogP contribution in [0.25, 0.3) is 32.8 Å². The number of carbonyl (C=O) groups excluding carboxylic acids is 1. The maximum Gasteiger partial charge on any atom is 0.326 e. The highest BCUT2D eigenvalue weighted by Crippen LogP contribution is 2.09. The van der Waals surface area contributed by atoms with Gasteiger partial charge in [-0.15, -0.1) is 5.10 Å². The van der Waals surface area contributed by atoms with E-state index in [-0.39, 0.29) is 16.8 Å². The fourth-order valence-electron chi connectivity index (χ4n) is 5.12. The van der Waals surface area contributed by atoms with Gasteiger partial charge in [-0.05, 0) is 42.8 Å². The minimum absolute atomic E-state index is 0.0637. The van der Waals surface area contributed by atoms with Crippen LogP contribution >= 0.6 is 0 Å². The van der Waals surface area contributed by atoms with Crippen molar-refractivity contribution in [3.05, 3.63) is 141 Å². The Kier molecular flexibility index (Phi) is 14.1. The SMILES string of the molecule is CN1CCCC1=O.Cn1c(=O)[nH]c2ccccc21.Cn1c(=O)c2ccccc2c(=O)n1C.Cn1ccnc1.Cn1ccnn1.Cn1cnc2ccccc21. The summed E-state index contributed by atoms with van der Waals surface area (Å²) in [5.41, 5.74) is 3.71. The van der Waals surface area contributed by atoms with E-state index in [1.165, 1.54) is 14.9 Å². The Morgan fingerprint density at radius 1 is 0.667 bits per heavy atom. The number of nitrogens with one attached hydrogen (secondary N) is 1. The second kappa shape index (κ2) is 19.1. The van der Waals surface area contributed by atoms with Gasteiger partial charge in [-0.3, -0.25) is 33.0 Å². The lowest BCUT2D eigenvalue weighted by Gasteiger charge is -2.07. The second-order valence-corrected chi connectivity index (χ2v) is 12.3. The van der Waals surface area contributed by atoms with Crippen molar-refractivity contribution in [1.82, 2.24) is 57.9 Å². The van der Waals surface area contributed by atoms with Gasteiger partial charge in [0, 0.05) is 80.9 Å². The first-order chi connectivity index (χ1) is 25.9. The molecule has 0 spiro atoms. The van der Waals surface area contributed by atoms with Crippen LogP contribution in [-0.2, 0) is 47.1 Å². The van der Waals surface area contributed by atoms with Crippen molar-refractivity contribution >= 4 is 38.7 Å². The van der Waals surface area contributed by atoms with E-state index in [1.54, 1.807) is 84.5 Å². The highest BCUT2D eigenvalue weighted by atomic mass is 16.2. The molecule has 0 aliphatic carbocycles. The number of hydrogen-bond donors (Lipinski definition) is 1. The predicted molar refractivity (Wildman–Crippen MR) is 210 cm³/mol. The first-order valence-corrected chi connectivity index (χ1v) is 17.0. The molecule has 6 heterocycles. The Balaban J connectivity index is 0.000000149. The first-order valence-electron chi connectivity index (χ1n) is 17.0. The molecule has 1 fully saturated rings. The fraction of sp³-hybridized carbons (Fsp3) is 0.263. The summed E-state index contributed by atoms with van der Waals surface area (Å²) in [5, 5.41) is 8.06. The van der Waals surface area contributed by atoms with Crippen LogP contribution < -0.4 is 16.8 Å². The number of para-hydroxylation sites is 4. The smallest absolute Gasteiger partial charge is 0.326 e. The number of rotatable bonds is 0. The highest BCUT2D eigenvalue weighted by molar-refractivity contribution is 5.80. The number of aryl methyl sites for hydroxylation is 4. The van der Waals surface area contributed by atoms with Crippen molar-refractivity contribution in [2.24, 2.45) is 42.3 Å². The molecule has 1 saturated heterocycles.